The second-order valence-electron chi connectivity index (χ2n) is 3.69. The molecule has 0 saturated carbocycles. The molecule has 2 rings (SSSR count). The Balaban J connectivity index is 2.33. The number of hydrogen-bond acceptors (Lipinski definition) is 2. The predicted octanol–water partition coefficient (Wildman–Crippen LogP) is 2.04. The molecular formula is C11H12IN3O2. The molecule has 1 unspecified atom stereocenters. The molecule has 1 atom stereocenters. The number of rotatable bonds is 3. The van der Waals surface area contributed by atoms with Crippen molar-refractivity contribution in [1.29, 1.82) is 0 Å². The van der Waals surface area contributed by atoms with Gasteiger partial charge in [0.1, 0.15) is 0 Å². The molecule has 0 radical (unpaired) electrons. The maximum absolute atomic E-state index is 10.4. The van der Waals surface area contributed by atoms with Crippen molar-refractivity contribution < 1.29 is 9.90 Å². The van der Waals surface area contributed by atoms with E-state index in [2.05, 4.69) is 32.9 Å². The molecule has 2 aromatic rings. The van der Waals surface area contributed by atoms with Crippen LogP contribution in [0.1, 0.15) is 11.6 Å². The molecule has 5 N–H and O–H groups in total. The van der Waals surface area contributed by atoms with Gasteiger partial charge in [-0.25, -0.2) is 4.79 Å². The molecular weight excluding hydrogens is 333 g/mol. The van der Waals surface area contributed by atoms with E-state index in [1.807, 2.05) is 24.3 Å². The van der Waals surface area contributed by atoms with Crippen LogP contribution in [-0.4, -0.2) is 22.7 Å². The first-order valence-electron chi connectivity index (χ1n) is 5.08. The Kier molecular flexibility index (Phi) is 3.53. The summed E-state index contributed by atoms with van der Waals surface area (Å²) in [7, 11) is 0. The van der Waals surface area contributed by atoms with Crippen molar-refractivity contribution in [2.75, 3.05) is 6.54 Å². The molecule has 0 aliphatic rings. The normalized spacial score (nSPS) is 12.6. The zero-order chi connectivity index (χ0) is 12.4. The van der Waals surface area contributed by atoms with Crippen LogP contribution in [0.25, 0.3) is 10.9 Å². The lowest BCUT2D eigenvalue weighted by molar-refractivity contribution is 0.193. The van der Waals surface area contributed by atoms with Gasteiger partial charge in [0.15, 0.2) is 0 Å². The Morgan fingerprint density at radius 1 is 1.53 bits per heavy atom. The number of nitrogens with two attached hydrogens (primary N) is 1. The van der Waals surface area contributed by atoms with Gasteiger partial charge >= 0.3 is 6.09 Å². The number of benzene rings is 1. The lowest BCUT2D eigenvalue weighted by atomic mass is 10.1. The monoisotopic (exact) mass is 345 g/mol. The van der Waals surface area contributed by atoms with E-state index in [1.54, 1.807) is 0 Å². The van der Waals surface area contributed by atoms with E-state index in [0.29, 0.717) is 0 Å². The van der Waals surface area contributed by atoms with Crippen molar-refractivity contribution in [3.63, 3.8) is 0 Å². The van der Waals surface area contributed by atoms with E-state index >= 15 is 0 Å². The Labute approximate surface area is 112 Å². The largest absolute Gasteiger partial charge is 0.465 e. The molecule has 0 fully saturated rings. The van der Waals surface area contributed by atoms with Crippen LogP contribution in [0.15, 0.2) is 24.3 Å². The minimum atomic E-state index is -1.06. The summed E-state index contributed by atoms with van der Waals surface area (Å²) in [4.78, 5) is 13.7. The third-order valence-electron chi connectivity index (χ3n) is 2.54. The van der Waals surface area contributed by atoms with Gasteiger partial charge in [0.2, 0.25) is 0 Å². The molecule has 0 saturated heterocycles. The molecule has 90 valence electrons. The van der Waals surface area contributed by atoms with Crippen LogP contribution in [0.2, 0.25) is 0 Å². The number of nitrogens with one attached hydrogen (secondary N) is 2. The molecule has 0 bridgehead atoms. The van der Waals surface area contributed by atoms with Gasteiger partial charge < -0.3 is 21.1 Å². The summed E-state index contributed by atoms with van der Waals surface area (Å²) < 4.78 is 0.948. The van der Waals surface area contributed by atoms with Crippen molar-refractivity contribution >= 4 is 39.6 Å². The molecule has 1 aromatic heterocycles. The summed E-state index contributed by atoms with van der Waals surface area (Å²) in [5, 5.41) is 11.9. The zero-order valence-corrected chi connectivity index (χ0v) is 11.1. The molecule has 1 heterocycles. The van der Waals surface area contributed by atoms with Crippen LogP contribution in [0.5, 0.6) is 0 Å². The fourth-order valence-corrected chi connectivity index (χ4v) is 2.77. The van der Waals surface area contributed by atoms with Crippen molar-refractivity contribution in [2.45, 2.75) is 6.04 Å². The number of aromatic nitrogens is 1. The Bertz CT molecular complexity index is 553. The van der Waals surface area contributed by atoms with Crippen LogP contribution < -0.4 is 11.1 Å². The van der Waals surface area contributed by atoms with Crippen molar-refractivity contribution in [1.82, 2.24) is 10.3 Å². The molecule has 17 heavy (non-hydrogen) atoms. The highest BCUT2D eigenvalue weighted by atomic mass is 127. The summed E-state index contributed by atoms with van der Waals surface area (Å²) in [6.07, 6.45) is -1.06. The third-order valence-corrected chi connectivity index (χ3v) is 3.39. The molecule has 1 amide bonds. The van der Waals surface area contributed by atoms with E-state index in [4.69, 9.17) is 10.8 Å². The van der Waals surface area contributed by atoms with Crippen molar-refractivity contribution in [3.8, 4) is 0 Å². The van der Waals surface area contributed by atoms with Crippen LogP contribution >= 0.6 is 22.6 Å². The maximum atomic E-state index is 10.4. The van der Waals surface area contributed by atoms with Gasteiger partial charge in [-0.15, -0.1) is 0 Å². The second kappa shape index (κ2) is 4.92. The van der Waals surface area contributed by atoms with E-state index in [1.165, 1.54) is 0 Å². The number of para-hydroxylation sites is 1. The zero-order valence-electron chi connectivity index (χ0n) is 8.90. The number of H-pyrrole nitrogens is 1. The molecule has 0 spiro atoms. The predicted molar refractivity (Wildman–Crippen MR) is 74.0 cm³/mol. The van der Waals surface area contributed by atoms with Gasteiger partial charge in [-0.1, -0.05) is 18.2 Å². The number of carboxylic acid groups (broad SMARTS) is 1. The average molecular weight is 345 g/mol. The lowest BCUT2D eigenvalue weighted by Crippen LogP contribution is -2.30. The Morgan fingerprint density at radius 2 is 2.24 bits per heavy atom. The van der Waals surface area contributed by atoms with E-state index < -0.39 is 6.09 Å². The summed E-state index contributed by atoms with van der Waals surface area (Å²) in [5.74, 6) is 0. The number of hydrogen-bond donors (Lipinski definition) is 4. The smallest absolute Gasteiger partial charge is 0.404 e. The first kappa shape index (κ1) is 12.2. The van der Waals surface area contributed by atoms with Crippen LogP contribution in [0.4, 0.5) is 4.79 Å². The average Bonchev–Trinajstić information content (AvgIpc) is 2.61. The summed E-state index contributed by atoms with van der Waals surface area (Å²) in [5.41, 5.74) is 7.97. The van der Waals surface area contributed by atoms with Crippen molar-refractivity contribution in [2.24, 2.45) is 5.73 Å². The summed E-state index contributed by atoms with van der Waals surface area (Å²) >= 11 is 2.18. The highest BCUT2D eigenvalue weighted by molar-refractivity contribution is 14.1. The van der Waals surface area contributed by atoms with Gasteiger partial charge in [0, 0.05) is 23.0 Å². The van der Waals surface area contributed by atoms with Gasteiger partial charge in [-0.3, -0.25) is 0 Å². The van der Waals surface area contributed by atoms with E-state index in [9.17, 15) is 4.79 Å². The van der Waals surface area contributed by atoms with Crippen LogP contribution in [0, 0.1) is 3.70 Å². The number of aromatic amines is 1. The lowest BCUT2D eigenvalue weighted by Gasteiger charge is -2.11. The minimum absolute atomic E-state index is 0.202. The van der Waals surface area contributed by atoms with Crippen LogP contribution in [-0.2, 0) is 0 Å². The fraction of sp³-hybridized carbons (Fsp3) is 0.182. The number of amides is 1. The van der Waals surface area contributed by atoms with Gasteiger partial charge in [-0.2, -0.15) is 0 Å². The van der Waals surface area contributed by atoms with Crippen LogP contribution in [0.3, 0.4) is 0 Å². The third kappa shape index (κ3) is 2.52. The van der Waals surface area contributed by atoms with E-state index in [-0.39, 0.29) is 12.6 Å². The van der Waals surface area contributed by atoms with Gasteiger partial charge in [-0.05, 0) is 28.7 Å². The number of halogens is 1. The maximum Gasteiger partial charge on any atom is 0.404 e. The highest BCUT2D eigenvalue weighted by Crippen LogP contribution is 2.27. The fourth-order valence-electron chi connectivity index (χ4n) is 1.79. The quantitative estimate of drug-likeness (QED) is 0.642. The number of carbonyl (C=O) groups is 1. The van der Waals surface area contributed by atoms with Crippen molar-refractivity contribution in [3.05, 3.63) is 33.5 Å². The summed E-state index contributed by atoms with van der Waals surface area (Å²) in [6.45, 7) is 0.202. The van der Waals surface area contributed by atoms with Gasteiger partial charge in [0.25, 0.3) is 0 Å². The first-order chi connectivity index (χ1) is 8.09. The highest BCUT2D eigenvalue weighted by Gasteiger charge is 2.16. The topological polar surface area (TPSA) is 91.1 Å². The van der Waals surface area contributed by atoms with E-state index in [0.717, 1.165) is 20.2 Å². The molecule has 0 aliphatic heterocycles. The Morgan fingerprint density at radius 3 is 2.94 bits per heavy atom. The first-order valence-corrected chi connectivity index (χ1v) is 6.16. The SMILES string of the molecule is NC(CNC(=O)O)c1c(I)[nH]c2ccccc12. The molecule has 1 aromatic carbocycles. The minimum Gasteiger partial charge on any atom is -0.465 e. The standard InChI is InChI=1S/C11H12IN3O2/c12-10-9(7(13)5-14-11(16)17)6-3-1-2-4-8(6)15-10/h1-4,7,14-15H,5,13H2,(H,16,17). The molecule has 0 aliphatic carbocycles. The Hall–Kier alpha value is -1.28. The molecule has 5 nitrogen and oxygen atoms in total. The number of fused-ring (bicyclic) bond motifs is 1. The summed E-state index contributed by atoms with van der Waals surface area (Å²) in [6, 6.07) is 7.48. The molecule has 6 heteroatoms. The van der Waals surface area contributed by atoms with Gasteiger partial charge in [0.05, 0.1) is 9.74 Å². The second-order valence-corrected chi connectivity index (χ2v) is 4.77.